The SMILES string of the molecule is S=C(NCCN1CCOCC1)NN=Cc1ccc(-c2ccccc2Br)o1. The van der Waals surface area contributed by atoms with E-state index in [4.69, 9.17) is 21.4 Å². The van der Waals surface area contributed by atoms with Gasteiger partial charge in [-0.05, 0) is 30.4 Å². The molecular weight excluding hydrogens is 416 g/mol. The number of nitrogens with one attached hydrogen (secondary N) is 2. The van der Waals surface area contributed by atoms with Crippen LogP contribution in [-0.4, -0.2) is 55.6 Å². The van der Waals surface area contributed by atoms with Gasteiger partial charge in [0.15, 0.2) is 5.11 Å². The molecule has 6 nitrogen and oxygen atoms in total. The molecule has 1 aliphatic rings. The van der Waals surface area contributed by atoms with Crippen LogP contribution in [-0.2, 0) is 4.74 Å². The second-order valence-electron chi connectivity index (χ2n) is 5.76. The Balaban J connectivity index is 1.42. The van der Waals surface area contributed by atoms with Crippen molar-refractivity contribution in [1.29, 1.82) is 0 Å². The largest absolute Gasteiger partial charge is 0.455 e. The van der Waals surface area contributed by atoms with Crippen LogP contribution < -0.4 is 10.7 Å². The maximum absolute atomic E-state index is 5.79. The smallest absolute Gasteiger partial charge is 0.187 e. The molecule has 3 rings (SSSR count). The zero-order valence-electron chi connectivity index (χ0n) is 14.3. The van der Waals surface area contributed by atoms with Crippen LogP contribution in [0.3, 0.4) is 0 Å². The zero-order valence-corrected chi connectivity index (χ0v) is 16.7. The van der Waals surface area contributed by atoms with Crippen LogP contribution in [0, 0.1) is 0 Å². The number of hydrazone groups is 1. The second-order valence-corrected chi connectivity index (χ2v) is 7.02. The van der Waals surface area contributed by atoms with E-state index < -0.39 is 0 Å². The Labute approximate surface area is 166 Å². The maximum atomic E-state index is 5.79. The first-order valence-corrected chi connectivity index (χ1v) is 9.64. The highest BCUT2D eigenvalue weighted by Crippen LogP contribution is 2.28. The van der Waals surface area contributed by atoms with Crippen LogP contribution in [0.15, 0.2) is 50.4 Å². The van der Waals surface area contributed by atoms with Crippen molar-refractivity contribution in [3.8, 4) is 11.3 Å². The molecule has 138 valence electrons. The monoisotopic (exact) mass is 436 g/mol. The summed E-state index contributed by atoms with van der Waals surface area (Å²) in [6.07, 6.45) is 1.61. The Hall–Kier alpha value is -1.74. The van der Waals surface area contributed by atoms with Crippen LogP contribution in [0.5, 0.6) is 0 Å². The third-order valence-electron chi connectivity index (χ3n) is 3.94. The van der Waals surface area contributed by atoms with Gasteiger partial charge in [0.1, 0.15) is 11.5 Å². The summed E-state index contributed by atoms with van der Waals surface area (Å²) in [5, 5.41) is 7.75. The quantitative estimate of drug-likeness (QED) is 0.412. The normalized spacial score (nSPS) is 15.3. The van der Waals surface area contributed by atoms with E-state index in [0.29, 0.717) is 10.9 Å². The van der Waals surface area contributed by atoms with Crippen LogP contribution in [0.25, 0.3) is 11.3 Å². The summed E-state index contributed by atoms with van der Waals surface area (Å²) in [6.45, 7) is 5.25. The lowest BCUT2D eigenvalue weighted by atomic mass is 10.2. The summed E-state index contributed by atoms with van der Waals surface area (Å²) < 4.78 is 12.1. The number of rotatable bonds is 6. The van der Waals surface area contributed by atoms with E-state index >= 15 is 0 Å². The molecule has 1 aromatic carbocycles. The fourth-order valence-corrected chi connectivity index (χ4v) is 3.21. The molecule has 0 atom stereocenters. The number of halogens is 1. The van der Waals surface area contributed by atoms with E-state index in [9.17, 15) is 0 Å². The van der Waals surface area contributed by atoms with E-state index in [1.165, 1.54) is 0 Å². The molecule has 0 aliphatic carbocycles. The zero-order chi connectivity index (χ0) is 18.2. The van der Waals surface area contributed by atoms with Gasteiger partial charge in [0, 0.05) is 36.2 Å². The molecule has 1 aliphatic heterocycles. The molecule has 26 heavy (non-hydrogen) atoms. The van der Waals surface area contributed by atoms with Gasteiger partial charge in [0.2, 0.25) is 0 Å². The first kappa shape index (κ1) is 19.0. The number of benzene rings is 1. The number of hydrogen-bond donors (Lipinski definition) is 2. The van der Waals surface area contributed by atoms with Crippen molar-refractivity contribution in [2.75, 3.05) is 39.4 Å². The lowest BCUT2D eigenvalue weighted by molar-refractivity contribution is 0.0389. The molecule has 8 heteroatoms. The van der Waals surface area contributed by atoms with Crippen molar-refractivity contribution in [3.63, 3.8) is 0 Å². The Morgan fingerprint density at radius 2 is 2.04 bits per heavy atom. The summed E-state index contributed by atoms with van der Waals surface area (Å²) in [5.41, 5.74) is 3.81. The highest BCUT2D eigenvalue weighted by atomic mass is 79.9. The molecule has 0 spiro atoms. The van der Waals surface area contributed by atoms with Crippen LogP contribution in [0.1, 0.15) is 5.76 Å². The first-order chi connectivity index (χ1) is 12.7. The highest BCUT2D eigenvalue weighted by molar-refractivity contribution is 9.10. The Morgan fingerprint density at radius 1 is 1.23 bits per heavy atom. The van der Waals surface area contributed by atoms with Crippen molar-refractivity contribution in [1.82, 2.24) is 15.6 Å². The fourth-order valence-electron chi connectivity index (χ4n) is 2.57. The molecule has 0 unspecified atom stereocenters. The van der Waals surface area contributed by atoms with E-state index in [2.05, 4.69) is 36.7 Å². The number of hydrogen-bond acceptors (Lipinski definition) is 5. The molecule has 2 N–H and O–H groups in total. The van der Waals surface area contributed by atoms with Gasteiger partial charge in [-0.25, -0.2) is 0 Å². The third kappa shape index (κ3) is 5.63. The minimum absolute atomic E-state index is 0.493. The average Bonchev–Trinajstić information content (AvgIpc) is 3.12. The average molecular weight is 437 g/mol. The van der Waals surface area contributed by atoms with Crippen LogP contribution in [0.2, 0.25) is 0 Å². The number of nitrogens with zero attached hydrogens (tertiary/aromatic N) is 2. The van der Waals surface area contributed by atoms with Crippen molar-refractivity contribution in [2.45, 2.75) is 0 Å². The predicted molar refractivity (Wildman–Crippen MR) is 110 cm³/mol. The van der Waals surface area contributed by atoms with Gasteiger partial charge in [-0.3, -0.25) is 10.3 Å². The van der Waals surface area contributed by atoms with E-state index in [1.54, 1.807) is 6.21 Å². The molecule has 2 aromatic rings. The minimum Gasteiger partial charge on any atom is -0.455 e. The van der Waals surface area contributed by atoms with Crippen molar-refractivity contribution < 1.29 is 9.15 Å². The molecule has 0 saturated carbocycles. The number of morpholine rings is 1. The third-order valence-corrected chi connectivity index (χ3v) is 4.87. The van der Waals surface area contributed by atoms with Gasteiger partial charge < -0.3 is 14.5 Å². The Bertz CT molecular complexity index is 759. The molecule has 0 bridgehead atoms. The maximum Gasteiger partial charge on any atom is 0.187 e. The molecular formula is C18H21BrN4O2S. The summed E-state index contributed by atoms with van der Waals surface area (Å²) >= 11 is 8.74. The van der Waals surface area contributed by atoms with Crippen molar-refractivity contribution >= 4 is 39.5 Å². The van der Waals surface area contributed by atoms with Gasteiger partial charge in [0.05, 0.1) is 19.4 Å². The van der Waals surface area contributed by atoms with Crippen molar-refractivity contribution in [2.24, 2.45) is 5.10 Å². The lowest BCUT2D eigenvalue weighted by Gasteiger charge is -2.26. The van der Waals surface area contributed by atoms with Crippen molar-refractivity contribution in [3.05, 3.63) is 46.6 Å². The fraction of sp³-hybridized carbons (Fsp3) is 0.333. The van der Waals surface area contributed by atoms with Gasteiger partial charge >= 0.3 is 0 Å². The highest BCUT2D eigenvalue weighted by Gasteiger charge is 2.09. The van der Waals surface area contributed by atoms with Gasteiger partial charge in [0.25, 0.3) is 0 Å². The summed E-state index contributed by atoms with van der Waals surface area (Å²) in [5.74, 6) is 1.43. The molecule has 2 heterocycles. The predicted octanol–water partition coefficient (Wildman–Crippen LogP) is 2.84. The van der Waals surface area contributed by atoms with E-state index in [1.807, 2.05) is 36.4 Å². The number of thiocarbonyl (C=S) groups is 1. The summed E-state index contributed by atoms with van der Waals surface area (Å²) in [4.78, 5) is 2.34. The molecule has 1 aromatic heterocycles. The lowest BCUT2D eigenvalue weighted by Crippen LogP contribution is -2.42. The first-order valence-electron chi connectivity index (χ1n) is 8.44. The number of furan rings is 1. The minimum atomic E-state index is 0.493. The second kappa shape index (κ2) is 9.82. The number of ether oxygens (including phenoxy) is 1. The topological polar surface area (TPSA) is 62.0 Å². The van der Waals surface area contributed by atoms with Gasteiger partial charge in [-0.2, -0.15) is 5.10 Å². The molecule has 0 radical (unpaired) electrons. The van der Waals surface area contributed by atoms with Crippen LogP contribution in [0.4, 0.5) is 0 Å². The Morgan fingerprint density at radius 3 is 2.85 bits per heavy atom. The molecule has 1 saturated heterocycles. The summed E-state index contributed by atoms with van der Waals surface area (Å²) in [6, 6.07) is 11.7. The molecule has 1 fully saturated rings. The van der Waals surface area contributed by atoms with E-state index in [-0.39, 0.29) is 0 Å². The van der Waals surface area contributed by atoms with Crippen LogP contribution >= 0.6 is 28.1 Å². The summed E-state index contributed by atoms with van der Waals surface area (Å²) in [7, 11) is 0. The van der Waals surface area contributed by atoms with E-state index in [0.717, 1.165) is 55.2 Å². The van der Waals surface area contributed by atoms with Gasteiger partial charge in [-0.15, -0.1) is 0 Å². The Kier molecular flexibility index (Phi) is 7.19. The van der Waals surface area contributed by atoms with Gasteiger partial charge in [-0.1, -0.05) is 34.1 Å². The standard InChI is InChI=1S/C18H21BrN4O2S/c19-16-4-2-1-3-15(16)17-6-5-14(25-17)13-21-22-18(26)20-7-8-23-9-11-24-12-10-23/h1-6,13H,7-12H2,(H2,20,22,26). The molecule has 0 amide bonds.